The van der Waals surface area contributed by atoms with E-state index in [1.165, 1.54) is 0 Å². The monoisotopic (exact) mass is 352 g/mol. The Kier molecular flexibility index (Phi) is 5.98. The van der Waals surface area contributed by atoms with Crippen LogP contribution in [0.5, 0.6) is 0 Å². The maximum Gasteiger partial charge on any atom is 0.277 e. The normalized spacial score (nSPS) is 13.3. The van der Waals surface area contributed by atoms with E-state index in [4.69, 9.17) is 0 Å². The topological polar surface area (TPSA) is 103 Å². The predicted octanol–water partition coefficient (Wildman–Crippen LogP) is 1.05. The lowest BCUT2D eigenvalue weighted by Crippen LogP contribution is -2.52. The first-order valence-corrected chi connectivity index (χ1v) is 9.43. The van der Waals surface area contributed by atoms with E-state index >= 15 is 0 Å². The van der Waals surface area contributed by atoms with Crippen molar-refractivity contribution >= 4 is 27.0 Å². The molecule has 0 radical (unpaired) electrons. The highest BCUT2D eigenvalue weighted by atomic mass is 32.2. The first-order chi connectivity index (χ1) is 11.3. The standard InChI is InChI=1S/C16H24N4O3S/c1-4-18-24(22,23)20-15(16(21)19-11(2)3)9-12-10-17-14-8-6-5-7-13(12)14/h5-8,10-11,15,17-18,20H,4,9H2,1-3H3,(H,19,21). The van der Waals surface area contributed by atoms with Crippen LogP contribution in [0.1, 0.15) is 26.3 Å². The van der Waals surface area contributed by atoms with Gasteiger partial charge in [-0.15, -0.1) is 0 Å². The van der Waals surface area contributed by atoms with Gasteiger partial charge in [0.1, 0.15) is 6.04 Å². The van der Waals surface area contributed by atoms with Crippen molar-refractivity contribution in [3.05, 3.63) is 36.0 Å². The molecule has 0 bridgehead atoms. The Balaban J connectivity index is 2.26. The van der Waals surface area contributed by atoms with Crippen molar-refractivity contribution in [3.63, 3.8) is 0 Å². The van der Waals surface area contributed by atoms with Crippen LogP contribution in [0.15, 0.2) is 30.5 Å². The zero-order valence-electron chi connectivity index (χ0n) is 14.1. The van der Waals surface area contributed by atoms with Crippen LogP contribution in [0.4, 0.5) is 0 Å². The van der Waals surface area contributed by atoms with Gasteiger partial charge in [-0.1, -0.05) is 25.1 Å². The van der Waals surface area contributed by atoms with Crippen LogP contribution < -0.4 is 14.8 Å². The summed E-state index contributed by atoms with van der Waals surface area (Å²) < 4.78 is 28.8. The molecule has 24 heavy (non-hydrogen) atoms. The van der Waals surface area contributed by atoms with E-state index in [0.29, 0.717) is 0 Å². The van der Waals surface area contributed by atoms with Crippen molar-refractivity contribution in [3.8, 4) is 0 Å². The lowest BCUT2D eigenvalue weighted by molar-refractivity contribution is -0.123. The summed E-state index contributed by atoms with van der Waals surface area (Å²) in [6.07, 6.45) is 2.06. The molecule has 0 aliphatic heterocycles. The summed E-state index contributed by atoms with van der Waals surface area (Å²) in [6.45, 7) is 5.60. The number of amides is 1. The Bertz CT molecular complexity index is 799. The smallest absolute Gasteiger partial charge is 0.277 e. The number of carbonyl (C=O) groups is 1. The van der Waals surface area contributed by atoms with Crippen molar-refractivity contribution in [1.29, 1.82) is 0 Å². The average molecular weight is 352 g/mol. The Labute approximate surface area is 142 Å². The fourth-order valence-electron chi connectivity index (χ4n) is 2.51. The van der Waals surface area contributed by atoms with Crippen LogP contribution in [0, 0.1) is 0 Å². The molecule has 0 aliphatic rings. The van der Waals surface area contributed by atoms with Gasteiger partial charge in [0.2, 0.25) is 5.91 Å². The largest absolute Gasteiger partial charge is 0.361 e. The van der Waals surface area contributed by atoms with Crippen LogP contribution in [0.3, 0.4) is 0 Å². The molecule has 2 rings (SSSR count). The number of hydrogen-bond acceptors (Lipinski definition) is 3. The van der Waals surface area contributed by atoms with E-state index in [9.17, 15) is 13.2 Å². The highest BCUT2D eigenvalue weighted by Gasteiger charge is 2.25. The number of fused-ring (bicyclic) bond motifs is 1. The van der Waals surface area contributed by atoms with Gasteiger partial charge in [-0.3, -0.25) is 4.79 Å². The van der Waals surface area contributed by atoms with Gasteiger partial charge in [-0.25, -0.2) is 4.72 Å². The number of aromatic nitrogens is 1. The minimum Gasteiger partial charge on any atom is -0.361 e. The molecule has 0 fully saturated rings. The van der Waals surface area contributed by atoms with Gasteiger partial charge in [0.15, 0.2) is 0 Å². The van der Waals surface area contributed by atoms with E-state index in [0.717, 1.165) is 16.5 Å². The summed E-state index contributed by atoms with van der Waals surface area (Å²) in [6, 6.07) is 6.73. The molecule has 1 aromatic heterocycles. The summed E-state index contributed by atoms with van der Waals surface area (Å²) in [7, 11) is -3.74. The number of para-hydroxylation sites is 1. The number of rotatable bonds is 8. The molecule has 1 atom stereocenters. The van der Waals surface area contributed by atoms with Gasteiger partial charge >= 0.3 is 0 Å². The quantitative estimate of drug-likeness (QED) is 0.571. The molecule has 1 heterocycles. The minimum atomic E-state index is -3.74. The third-order valence-corrected chi connectivity index (χ3v) is 4.74. The number of benzene rings is 1. The van der Waals surface area contributed by atoms with Crippen molar-refractivity contribution in [2.24, 2.45) is 0 Å². The molecule has 1 unspecified atom stereocenters. The van der Waals surface area contributed by atoms with E-state index in [1.807, 2.05) is 44.3 Å². The molecule has 0 aliphatic carbocycles. The molecule has 0 spiro atoms. The zero-order chi connectivity index (χ0) is 17.7. The first-order valence-electron chi connectivity index (χ1n) is 7.94. The summed E-state index contributed by atoms with van der Waals surface area (Å²) in [5, 5.41) is 3.74. The molecule has 4 N–H and O–H groups in total. The maximum atomic E-state index is 12.4. The second-order valence-corrected chi connectivity index (χ2v) is 7.43. The highest BCUT2D eigenvalue weighted by Crippen LogP contribution is 2.19. The van der Waals surface area contributed by atoms with Crippen LogP contribution in [0.25, 0.3) is 10.9 Å². The molecule has 7 nitrogen and oxygen atoms in total. The minimum absolute atomic E-state index is 0.0772. The first kappa shape index (κ1) is 18.4. The Morgan fingerprint density at radius 1 is 1.25 bits per heavy atom. The van der Waals surface area contributed by atoms with Gasteiger partial charge in [0.05, 0.1) is 0 Å². The Morgan fingerprint density at radius 3 is 2.62 bits per heavy atom. The summed E-state index contributed by atoms with van der Waals surface area (Å²) in [5.41, 5.74) is 1.83. The lowest BCUT2D eigenvalue weighted by atomic mass is 10.0. The van der Waals surface area contributed by atoms with Crippen LogP contribution >= 0.6 is 0 Å². The Morgan fingerprint density at radius 2 is 1.96 bits per heavy atom. The van der Waals surface area contributed by atoms with Gasteiger partial charge in [0, 0.05) is 29.7 Å². The predicted molar refractivity (Wildman–Crippen MR) is 94.8 cm³/mol. The second kappa shape index (κ2) is 7.78. The Hall–Kier alpha value is -1.90. The molecule has 132 valence electrons. The number of H-pyrrole nitrogens is 1. The fraction of sp³-hybridized carbons (Fsp3) is 0.438. The second-order valence-electron chi connectivity index (χ2n) is 5.90. The molecule has 1 amide bonds. The van der Waals surface area contributed by atoms with Crippen molar-refractivity contribution < 1.29 is 13.2 Å². The van der Waals surface area contributed by atoms with E-state index in [2.05, 4.69) is 19.7 Å². The SMILES string of the molecule is CCNS(=O)(=O)NC(Cc1c[nH]c2ccccc12)C(=O)NC(C)C. The van der Waals surface area contributed by atoms with Crippen LogP contribution in [-0.2, 0) is 21.4 Å². The molecule has 0 saturated heterocycles. The third-order valence-electron chi connectivity index (χ3n) is 3.48. The fourth-order valence-corrected chi connectivity index (χ4v) is 3.54. The van der Waals surface area contributed by atoms with Gasteiger partial charge in [-0.2, -0.15) is 13.1 Å². The number of carbonyl (C=O) groups excluding carboxylic acids is 1. The lowest BCUT2D eigenvalue weighted by Gasteiger charge is -2.20. The summed E-state index contributed by atoms with van der Waals surface area (Å²) >= 11 is 0. The molecular formula is C16H24N4O3S. The van der Waals surface area contributed by atoms with E-state index in [1.54, 1.807) is 6.92 Å². The van der Waals surface area contributed by atoms with Crippen molar-refractivity contribution in [2.45, 2.75) is 39.3 Å². The molecule has 0 saturated carbocycles. The molecule has 8 heteroatoms. The van der Waals surface area contributed by atoms with Crippen molar-refractivity contribution in [2.75, 3.05) is 6.54 Å². The van der Waals surface area contributed by atoms with E-state index in [-0.39, 0.29) is 24.9 Å². The average Bonchev–Trinajstić information content (AvgIpc) is 2.89. The van der Waals surface area contributed by atoms with Crippen LogP contribution in [-0.4, -0.2) is 37.9 Å². The van der Waals surface area contributed by atoms with Gasteiger partial charge in [-0.05, 0) is 31.9 Å². The molecular weight excluding hydrogens is 328 g/mol. The molecule has 1 aromatic carbocycles. The van der Waals surface area contributed by atoms with Gasteiger partial charge in [0.25, 0.3) is 10.2 Å². The van der Waals surface area contributed by atoms with E-state index < -0.39 is 16.3 Å². The van der Waals surface area contributed by atoms with Gasteiger partial charge < -0.3 is 10.3 Å². The number of aromatic amines is 1. The zero-order valence-corrected chi connectivity index (χ0v) is 14.9. The van der Waals surface area contributed by atoms with Crippen LogP contribution in [0.2, 0.25) is 0 Å². The molecule has 2 aromatic rings. The summed E-state index contributed by atoms with van der Waals surface area (Å²) in [5.74, 6) is -0.350. The third kappa shape index (κ3) is 4.80. The highest BCUT2D eigenvalue weighted by molar-refractivity contribution is 7.87. The van der Waals surface area contributed by atoms with Crippen molar-refractivity contribution in [1.82, 2.24) is 19.7 Å². The summed E-state index contributed by atoms with van der Waals surface area (Å²) in [4.78, 5) is 15.6. The number of nitrogens with one attached hydrogen (secondary N) is 4. The number of hydrogen-bond donors (Lipinski definition) is 4. The maximum absolute atomic E-state index is 12.4.